The Morgan fingerprint density at radius 2 is 2.30 bits per heavy atom. The van der Waals surface area contributed by atoms with Crippen LogP contribution in [0.2, 0.25) is 0 Å². The zero-order chi connectivity index (χ0) is 13.7. The van der Waals surface area contributed by atoms with E-state index in [1.54, 1.807) is 0 Å². The lowest BCUT2D eigenvalue weighted by Crippen LogP contribution is -2.43. The topological polar surface area (TPSA) is 32.3 Å². The number of benzene rings is 1. The van der Waals surface area contributed by atoms with Gasteiger partial charge in [0.1, 0.15) is 0 Å². The first-order valence-corrected chi connectivity index (χ1v) is 7.65. The Bertz CT molecular complexity index is 440. The first-order chi connectivity index (χ1) is 9.19. The number of piperidine rings is 1. The molecule has 1 aromatic carbocycles. The average molecular weight is 362 g/mol. The molecule has 1 aromatic rings. The van der Waals surface area contributed by atoms with Gasteiger partial charge in [-0.15, -0.1) is 12.4 Å². The Morgan fingerprint density at radius 1 is 1.50 bits per heavy atom. The van der Waals surface area contributed by atoms with Crippen molar-refractivity contribution in [3.63, 3.8) is 0 Å². The van der Waals surface area contributed by atoms with Gasteiger partial charge >= 0.3 is 0 Å². The standard InChI is InChI=1S/C15H21BrN2O.ClH/c1-17-10-13-5-3-7-18(11-13)15(19)9-12-4-2-6-14(16)8-12;/h2,4,6,8,13,17H,3,5,7,9-11H2,1H3;1H. The van der Waals surface area contributed by atoms with Crippen LogP contribution < -0.4 is 5.32 Å². The van der Waals surface area contributed by atoms with Crippen LogP contribution in [0.25, 0.3) is 0 Å². The highest BCUT2D eigenvalue weighted by atomic mass is 79.9. The predicted molar refractivity (Wildman–Crippen MR) is 88.3 cm³/mol. The highest BCUT2D eigenvalue weighted by molar-refractivity contribution is 9.10. The van der Waals surface area contributed by atoms with Crippen molar-refractivity contribution in [2.24, 2.45) is 5.92 Å². The summed E-state index contributed by atoms with van der Waals surface area (Å²) in [5.41, 5.74) is 1.08. The summed E-state index contributed by atoms with van der Waals surface area (Å²) in [4.78, 5) is 14.3. The van der Waals surface area contributed by atoms with Crippen molar-refractivity contribution < 1.29 is 4.79 Å². The maximum Gasteiger partial charge on any atom is 0.226 e. The number of nitrogens with one attached hydrogen (secondary N) is 1. The highest BCUT2D eigenvalue weighted by Crippen LogP contribution is 2.18. The number of rotatable bonds is 4. The van der Waals surface area contributed by atoms with E-state index in [1.807, 2.05) is 36.2 Å². The third-order valence-electron chi connectivity index (χ3n) is 3.61. The number of likely N-dealkylation sites (tertiary alicyclic amines) is 1. The van der Waals surface area contributed by atoms with Crippen molar-refractivity contribution in [1.29, 1.82) is 0 Å². The molecule has 1 aliphatic heterocycles. The number of nitrogens with zero attached hydrogens (tertiary/aromatic N) is 1. The molecule has 5 heteroatoms. The van der Waals surface area contributed by atoms with Crippen molar-refractivity contribution in [3.8, 4) is 0 Å². The minimum Gasteiger partial charge on any atom is -0.342 e. The maximum atomic E-state index is 12.3. The highest BCUT2D eigenvalue weighted by Gasteiger charge is 2.23. The van der Waals surface area contributed by atoms with Crippen LogP contribution in [0.5, 0.6) is 0 Å². The van der Waals surface area contributed by atoms with Crippen molar-refractivity contribution in [2.75, 3.05) is 26.7 Å². The van der Waals surface area contributed by atoms with Crippen LogP contribution in [0.1, 0.15) is 18.4 Å². The van der Waals surface area contributed by atoms with Gasteiger partial charge in [-0.05, 0) is 50.0 Å². The smallest absolute Gasteiger partial charge is 0.226 e. The van der Waals surface area contributed by atoms with Crippen LogP contribution in [0.3, 0.4) is 0 Å². The van der Waals surface area contributed by atoms with Gasteiger partial charge in [0.25, 0.3) is 0 Å². The lowest BCUT2D eigenvalue weighted by molar-refractivity contribution is -0.132. The fourth-order valence-electron chi connectivity index (χ4n) is 2.68. The number of hydrogen-bond donors (Lipinski definition) is 1. The number of amides is 1. The second-order valence-electron chi connectivity index (χ2n) is 5.21. The van der Waals surface area contributed by atoms with Gasteiger partial charge in [0, 0.05) is 17.6 Å². The zero-order valence-corrected chi connectivity index (χ0v) is 14.2. The molecule has 3 nitrogen and oxygen atoms in total. The Balaban J connectivity index is 0.00000200. The molecule has 0 aliphatic carbocycles. The van der Waals surface area contributed by atoms with E-state index in [-0.39, 0.29) is 18.3 Å². The lowest BCUT2D eigenvalue weighted by Gasteiger charge is -2.32. The van der Waals surface area contributed by atoms with Crippen LogP contribution in [0, 0.1) is 5.92 Å². The summed E-state index contributed by atoms with van der Waals surface area (Å²) in [6.07, 6.45) is 2.85. The van der Waals surface area contributed by atoms with E-state index in [9.17, 15) is 4.79 Å². The monoisotopic (exact) mass is 360 g/mol. The quantitative estimate of drug-likeness (QED) is 0.894. The van der Waals surface area contributed by atoms with Crippen LogP contribution in [-0.2, 0) is 11.2 Å². The van der Waals surface area contributed by atoms with E-state index in [1.165, 1.54) is 6.42 Å². The number of carbonyl (C=O) groups is 1. The molecule has 1 fully saturated rings. The SMILES string of the molecule is CNCC1CCCN(C(=O)Cc2cccc(Br)c2)C1.Cl. The minimum atomic E-state index is 0. The summed E-state index contributed by atoms with van der Waals surface area (Å²) in [5.74, 6) is 0.851. The van der Waals surface area contributed by atoms with Gasteiger partial charge in [-0.1, -0.05) is 28.1 Å². The molecule has 1 aliphatic rings. The van der Waals surface area contributed by atoms with Gasteiger partial charge in [-0.2, -0.15) is 0 Å². The van der Waals surface area contributed by atoms with Gasteiger partial charge < -0.3 is 10.2 Å². The minimum absolute atomic E-state index is 0. The summed E-state index contributed by atoms with van der Waals surface area (Å²) < 4.78 is 1.03. The number of carbonyl (C=O) groups excluding carboxylic acids is 1. The average Bonchev–Trinajstić information content (AvgIpc) is 2.39. The number of halogens is 2. The summed E-state index contributed by atoms with van der Waals surface area (Å²) in [6.45, 7) is 2.81. The molecular formula is C15H22BrClN2O. The van der Waals surface area contributed by atoms with Gasteiger partial charge in [0.15, 0.2) is 0 Å². The van der Waals surface area contributed by atoms with E-state index >= 15 is 0 Å². The first-order valence-electron chi connectivity index (χ1n) is 6.86. The molecule has 1 unspecified atom stereocenters. The van der Waals surface area contributed by atoms with E-state index < -0.39 is 0 Å². The number of hydrogen-bond acceptors (Lipinski definition) is 2. The van der Waals surface area contributed by atoms with E-state index in [0.717, 1.165) is 36.1 Å². The molecule has 1 amide bonds. The second kappa shape index (κ2) is 8.65. The van der Waals surface area contributed by atoms with E-state index in [2.05, 4.69) is 21.2 Å². The molecule has 0 aromatic heterocycles. The fraction of sp³-hybridized carbons (Fsp3) is 0.533. The molecule has 0 spiro atoms. The Labute approximate surface area is 135 Å². The largest absolute Gasteiger partial charge is 0.342 e. The fourth-order valence-corrected chi connectivity index (χ4v) is 3.13. The Kier molecular flexibility index (Phi) is 7.56. The van der Waals surface area contributed by atoms with Crippen molar-refractivity contribution in [2.45, 2.75) is 19.3 Å². The van der Waals surface area contributed by atoms with Gasteiger partial charge in [-0.25, -0.2) is 0 Å². The molecular weight excluding hydrogens is 340 g/mol. The molecule has 0 saturated carbocycles. The summed E-state index contributed by atoms with van der Waals surface area (Å²) in [7, 11) is 1.97. The molecule has 1 N–H and O–H groups in total. The van der Waals surface area contributed by atoms with E-state index in [0.29, 0.717) is 12.3 Å². The van der Waals surface area contributed by atoms with Crippen molar-refractivity contribution in [3.05, 3.63) is 34.3 Å². The molecule has 112 valence electrons. The maximum absolute atomic E-state index is 12.3. The van der Waals surface area contributed by atoms with Crippen molar-refractivity contribution >= 4 is 34.2 Å². The normalized spacial score (nSPS) is 18.5. The second-order valence-corrected chi connectivity index (χ2v) is 6.13. The molecule has 1 saturated heterocycles. The molecule has 2 rings (SSSR count). The first kappa shape index (κ1) is 17.5. The third kappa shape index (κ3) is 5.08. The van der Waals surface area contributed by atoms with Crippen LogP contribution in [0.15, 0.2) is 28.7 Å². The van der Waals surface area contributed by atoms with Crippen molar-refractivity contribution in [1.82, 2.24) is 10.2 Å². The third-order valence-corrected chi connectivity index (χ3v) is 4.10. The zero-order valence-electron chi connectivity index (χ0n) is 11.8. The molecule has 0 radical (unpaired) electrons. The van der Waals surface area contributed by atoms with Crippen LogP contribution >= 0.6 is 28.3 Å². The van der Waals surface area contributed by atoms with Crippen LogP contribution in [0.4, 0.5) is 0 Å². The van der Waals surface area contributed by atoms with Gasteiger partial charge in [-0.3, -0.25) is 4.79 Å². The van der Waals surface area contributed by atoms with E-state index in [4.69, 9.17) is 0 Å². The predicted octanol–water partition coefficient (Wildman–Crippen LogP) is 2.87. The molecule has 1 atom stereocenters. The molecule has 0 bridgehead atoms. The molecule has 1 heterocycles. The van der Waals surface area contributed by atoms with Crippen LogP contribution in [-0.4, -0.2) is 37.5 Å². The Hall–Kier alpha value is -0.580. The van der Waals surface area contributed by atoms with Gasteiger partial charge in [0.2, 0.25) is 5.91 Å². The summed E-state index contributed by atoms with van der Waals surface area (Å²) in [5, 5.41) is 3.21. The Morgan fingerprint density at radius 3 is 3.00 bits per heavy atom. The summed E-state index contributed by atoms with van der Waals surface area (Å²) >= 11 is 3.45. The lowest BCUT2D eigenvalue weighted by atomic mass is 9.97. The van der Waals surface area contributed by atoms with Gasteiger partial charge in [0.05, 0.1) is 6.42 Å². The summed E-state index contributed by atoms with van der Waals surface area (Å²) in [6, 6.07) is 8.00. The molecule has 20 heavy (non-hydrogen) atoms.